The molecular formula is C14H15FN2O3. The van der Waals surface area contributed by atoms with Crippen molar-refractivity contribution in [3.05, 3.63) is 62.0 Å². The zero-order chi connectivity index (χ0) is 14.9. The summed E-state index contributed by atoms with van der Waals surface area (Å²) in [6, 6.07) is 5.16. The standard InChI is InChI=1S/C14H15FN2O3/c1-3-11-12(18)16-14(20)17(13(11)19)8(2)9-5-4-6-10(15)7-9/h4-8,19H,3H2,1-2H3,(H,16,18,20). The van der Waals surface area contributed by atoms with Crippen LogP contribution in [0.2, 0.25) is 0 Å². The van der Waals surface area contributed by atoms with Gasteiger partial charge in [-0.3, -0.25) is 14.3 Å². The molecular weight excluding hydrogens is 263 g/mol. The number of nitrogens with zero attached hydrogens (tertiary/aromatic N) is 1. The van der Waals surface area contributed by atoms with Crippen LogP contribution in [0.5, 0.6) is 5.88 Å². The van der Waals surface area contributed by atoms with Gasteiger partial charge < -0.3 is 5.11 Å². The van der Waals surface area contributed by atoms with Crippen LogP contribution in [0.1, 0.15) is 31.0 Å². The molecule has 1 atom stereocenters. The summed E-state index contributed by atoms with van der Waals surface area (Å²) in [5.41, 5.74) is -0.663. The van der Waals surface area contributed by atoms with Gasteiger partial charge in [0.05, 0.1) is 11.6 Å². The quantitative estimate of drug-likeness (QED) is 0.894. The van der Waals surface area contributed by atoms with Crippen molar-refractivity contribution < 1.29 is 9.50 Å². The third-order valence-electron chi connectivity index (χ3n) is 3.28. The molecule has 0 aliphatic heterocycles. The van der Waals surface area contributed by atoms with Gasteiger partial charge in [-0.05, 0) is 31.0 Å². The van der Waals surface area contributed by atoms with Gasteiger partial charge in [-0.2, -0.15) is 0 Å². The number of halogens is 1. The molecule has 1 aromatic heterocycles. The van der Waals surface area contributed by atoms with E-state index in [2.05, 4.69) is 4.98 Å². The number of hydrogen-bond acceptors (Lipinski definition) is 3. The fourth-order valence-corrected chi connectivity index (χ4v) is 2.17. The van der Waals surface area contributed by atoms with Crippen LogP contribution in [-0.4, -0.2) is 14.7 Å². The van der Waals surface area contributed by atoms with E-state index in [-0.39, 0.29) is 17.9 Å². The molecule has 0 saturated carbocycles. The number of aromatic hydroxyl groups is 1. The Morgan fingerprint density at radius 3 is 2.70 bits per heavy atom. The summed E-state index contributed by atoms with van der Waals surface area (Å²) >= 11 is 0. The summed E-state index contributed by atoms with van der Waals surface area (Å²) in [4.78, 5) is 25.6. The zero-order valence-electron chi connectivity index (χ0n) is 11.2. The molecule has 0 radical (unpaired) electrons. The maximum atomic E-state index is 13.2. The molecule has 1 unspecified atom stereocenters. The number of hydrogen-bond donors (Lipinski definition) is 2. The van der Waals surface area contributed by atoms with Gasteiger partial charge in [0.25, 0.3) is 5.56 Å². The number of nitrogens with one attached hydrogen (secondary N) is 1. The van der Waals surface area contributed by atoms with E-state index in [0.717, 1.165) is 4.57 Å². The monoisotopic (exact) mass is 278 g/mol. The Morgan fingerprint density at radius 2 is 2.10 bits per heavy atom. The van der Waals surface area contributed by atoms with Gasteiger partial charge in [-0.25, -0.2) is 9.18 Å². The lowest BCUT2D eigenvalue weighted by atomic mass is 10.1. The predicted octanol–water partition coefficient (Wildman–Crippen LogP) is 1.55. The van der Waals surface area contributed by atoms with E-state index >= 15 is 0 Å². The minimum atomic E-state index is -0.721. The van der Waals surface area contributed by atoms with Gasteiger partial charge in [-0.15, -0.1) is 0 Å². The normalized spacial score (nSPS) is 12.3. The van der Waals surface area contributed by atoms with Crippen LogP contribution >= 0.6 is 0 Å². The maximum Gasteiger partial charge on any atom is 0.331 e. The second kappa shape index (κ2) is 5.32. The molecule has 1 aromatic carbocycles. The lowest BCUT2D eigenvalue weighted by Gasteiger charge is -2.18. The molecule has 0 fully saturated rings. The highest BCUT2D eigenvalue weighted by Gasteiger charge is 2.18. The first-order valence-electron chi connectivity index (χ1n) is 6.27. The number of aromatic amines is 1. The van der Waals surface area contributed by atoms with Crippen molar-refractivity contribution in [2.45, 2.75) is 26.3 Å². The Morgan fingerprint density at radius 1 is 1.40 bits per heavy atom. The summed E-state index contributed by atoms with van der Waals surface area (Å²) in [6.45, 7) is 3.35. The SMILES string of the molecule is CCc1c(O)n(C(C)c2cccc(F)c2)c(=O)[nH]c1=O. The van der Waals surface area contributed by atoms with Crippen molar-refractivity contribution in [3.8, 4) is 5.88 Å². The molecule has 0 saturated heterocycles. The first-order valence-corrected chi connectivity index (χ1v) is 6.27. The highest BCUT2D eigenvalue weighted by Crippen LogP contribution is 2.22. The molecule has 0 spiro atoms. The molecule has 0 aliphatic carbocycles. The van der Waals surface area contributed by atoms with Gasteiger partial charge in [0.2, 0.25) is 5.88 Å². The smallest absolute Gasteiger partial charge is 0.331 e. The maximum absolute atomic E-state index is 13.2. The summed E-state index contributed by atoms with van der Waals surface area (Å²) in [6.07, 6.45) is 0.289. The van der Waals surface area contributed by atoms with Crippen LogP contribution in [0, 0.1) is 5.82 Å². The van der Waals surface area contributed by atoms with Gasteiger partial charge in [-0.1, -0.05) is 19.1 Å². The average Bonchev–Trinajstić information content (AvgIpc) is 2.38. The number of benzene rings is 1. The van der Waals surface area contributed by atoms with E-state index < -0.39 is 23.1 Å². The second-order valence-electron chi connectivity index (χ2n) is 4.52. The van der Waals surface area contributed by atoms with E-state index in [9.17, 15) is 19.1 Å². The van der Waals surface area contributed by atoms with E-state index in [0.29, 0.717) is 5.56 Å². The summed E-state index contributed by atoms with van der Waals surface area (Å²) in [5, 5.41) is 10.1. The zero-order valence-corrected chi connectivity index (χ0v) is 11.2. The number of rotatable bonds is 3. The topological polar surface area (TPSA) is 75.1 Å². The van der Waals surface area contributed by atoms with Crippen molar-refractivity contribution >= 4 is 0 Å². The molecule has 2 rings (SSSR count). The first kappa shape index (κ1) is 14.0. The van der Waals surface area contributed by atoms with E-state index in [1.807, 2.05) is 0 Å². The van der Waals surface area contributed by atoms with Crippen LogP contribution in [-0.2, 0) is 6.42 Å². The lowest BCUT2D eigenvalue weighted by Crippen LogP contribution is -2.34. The minimum absolute atomic E-state index is 0.132. The Kier molecular flexibility index (Phi) is 3.74. The molecule has 0 aliphatic rings. The highest BCUT2D eigenvalue weighted by molar-refractivity contribution is 5.27. The molecule has 5 nitrogen and oxygen atoms in total. The molecule has 2 N–H and O–H groups in total. The van der Waals surface area contributed by atoms with Crippen molar-refractivity contribution in [3.63, 3.8) is 0 Å². The highest BCUT2D eigenvalue weighted by atomic mass is 19.1. The van der Waals surface area contributed by atoms with Crippen LogP contribution in [0.15, 0.2) is 33.9 Å². The van der Waals surface area contributed by atoms with Crippen LogP contribution in [0.3, 0.4) is 0 Å². The summed E-state index contributed by atoms with van der Waals surface area (Å²) < 4.78 is 14.3. The Hall–Kier alpha value is -2.37. The van der Waals surface area contributed by atoms with E-state index in [1.54, 1.807) is 19.9 Å². The first-order chi connectivity index (χ1) is 9.45. The fourth-order valence-electron chi connectivity index (χ4n) is 2.17. The molecule has 1 heterocycles. The third kappa shape index (κ3) is 2.36. The van der Waals surface area contributed by atoms with Crippen LogP contribution < -0.4 is 11.2 Å². The number of H-pyrrole nitrogens is 1. The lowest BCUT2D eigenvalue weighted by molar-refractivity contribution is 0.382. The van der Waals surface area contributed by atoms with Crippen molar-refractivity contribution in [2.75, 3.05) is 0 Å². The van der Waals surface area contributed by atoms with Crippen LogP contribution in [0.25, 0.3) is 0 Å². The second-order valence-corrected chi connectivity index (χ2v) is 4.52. The van der Waals surface area contributed by atoms with Crippen molar-refractivity contribution in [2.24, 2.45) is 0 Å². The third-order valence-corrected chi connectivity index (χ3v) is 3.28. The minimum Gasteiger partial charge on any atom is -0.494 e. The molecule has 6 heteroatoms. The average molecular weight is 278 g/mol. The predicted molar refractivity (Wildman–Crippen MR) is 72.6 cm³/mol. The Balaban J connectivity index is 2.64. The van der Waals surface area contributed by atoms with E-state index in [1.165, 1.54) is 18.2 Å². The number of aromatic nitrogens is 2. The van der Waals surface area contributed by atoms with Gasteiger partial charge >= 0.3 is 5.69 Å². The summed E-state index contributed by atoms with van der Waals surface area (Å²) in [5.74, 6) is -0.806. The molecule has 2 aromatic rings. The van der Waals surface area contributed by atoms with E-state index in [4.69, 9.17) is 0 Å². The summed E-state index contributed by atoms with van der Waals surface area (Å²) in [7, 11) is 0. The molecule has 0 amide bonds. The van der Waals surface area contributed by atoms with Gasteiger partial charge in [0, 0.05) is 0 Å². The Bertz CT molecular complexity index is 749. The largest absolute Gasteiger partial charge is 0.494 e. The van der Waals surface area contributed by atoms with Crippen molar-refractivity contribution in [1.29, 1.82) is 0 Å². The fraction of sp³-hybridized carbons (Fsp3) is 0.286. The molecule has 0 bridgehead atoms. The Labute approximate surface area is 114 Å². The van der Waals surface area contributed by atoms with Gasteiger partial charge in [0.1, 0.15) is 5.82 Å². The van der Waals surface area contributed by atoms with Gasteiger partial charge in [0.15, 0.2) is 0 Å². The molecule has 20 heavy (non-hydrogen) atoms. The van der Waals surface area contributed by atoms with Crippen molar-refractivity contribution in [1.82, 2.24) is 9.55 Å². The van der Waals surface area contributed by atoms with Crippen LogP contribution in [0.4, 0.5) is 4.39 Å². The molecule has 106 valence electrons.